The van der Waals surface area contributed by atoms with Crippen LogP contribution in [-0.2, 0) is 21.4 Å². The quantitative estimate of drug-likeness (QED) is 0.379. The Morgan fingerprint density at radius 2 is 1.73 bits per heavy atom. The SMILES string of the molecule is COc1ccc(N(CC(=O)NCc2ccccc2)S(=O)(=O)c2ccc(C)c([N+](=O)[O-])c2)cc1. The Hall–Kier alpha value is -3.92. The van der Waals surface area contributed by atoms with Crippen molar-refractivity contribution in [1.29, 1.82) is 0 Å². The number of sulfonamides is 1. The van der Waals surface area contributed by atoms with E-state index in [0.29, 0.717) is 11.3 Å². The molecular formula is C23H23N3O6S. The van der Waals surface area contributed by atoms with Gasteiger partial charge in [-0.1, -0.05) is 36.4 Å². The van der Waals surface area contributed by atoms with Crippen molar-refractivity contribution in [2.75, 3.05) is 18.0 Å². The largest absolute Gasteiger partial charge is 0.497 e. The molecule has 0 bridgehead atoms. The first-order valence-electron chi connectivity index (χ1n) is 9.95. The second-order valence-corrected chi connectivity index (χ2v) is 9.04. The van der Waals surface area contributed by atoms with Gasteiger partial charge in [-0.2, -0.15) is 0 Å². The van der Waals surface area contributed by atoms with Gasteiger partial charge in [-0.25, -0.2) is 8.42 Å². The van der Waals surface area contributed by atoms with E-state index in [4.69, 9.17) is 4.74 Å². The lowest BCUT2D eigenvalue weighted by molar-refractivity contribution is -0.385. The number of benzene rings is 3. The summed E-state index contributed by atoms with van der Waals surface area (Å²) in [5, 5.41) is 14.0. The number of aryl methyl sites for hydroxylation is 1. The van der Waals surface area contributed by atoms with Crippen LogP contribution < -0.4 is 14.4 Å². The number of ether oxygens (including phenoxy) is 1. The predicted molar refractivity (Wildman–Crippen MR) is 124 cm³/mol. The molecule has 0 saturated carbocycles. The normalized spacial score (nSPS) is 11.0. The number of amides is 1. The molecule has 0 atom stereocenters. The number of nitrogens with one attached hydrogen (secondary N) is 1. The second kappa shape index (κ2) is 10.1. The van der Waals surface area contributed by atoms with Crippen molar-refractivity contribution in [3.63, 3.8) is 0 Å². The number of hydrogen-bond acceptors (Lipinski definition) is 6. The van der Waals surface area contributed by atoms with Gasteiger partial charge < -0.3 is 10.1 Å². The van der Waals surface area contributed by atoms with Crippen molar-refractivity contribution in [3.8, 4) is 5.75 Å². The van der Waals surface area contributed by atoms with Crippen molar-refractivity contribution in [1.82, 2.24) is 5.32 Å². The molecule has 0 fully saturated rings. The Bertz CT molecular complexity index is 1240. The lowest BCUT2D eigenvalue weighted by Gasteiger charge is -2.24. The molecule has 0 radical (unpaired) electrons. The van der Waals surface area contributed by atoms with Gasteiger partial charge in [0.1, 0.15) is 12.3 Å². The summed E-state index contributed by atoms with van der Waals surface area (Å²) < 4.78 is 33.0. The fourth-order valence-electron chi connectivity index (χ4n) is 3.12. The molecule has 0 aliphatic heterocycles. The molecule has 0 aliphatic rings. The number of nitro groups is 1. The third-order valence-corrected chi connectivity index (χ3v) is 6.72. The van der Waals surface area contributed by atoms with Gasteiger partial charge in [-0.15, -0.1) is 0 Å². The number of carbonyl (C=O) groups excluding carboxylic acids is 1. The summed E-state index contributed by atoms with van der Waals surface area (Å²) in [6.45, 7) is 1.24. The lowest BCUT2D eigenvalue weighted by Crippen LogP contribution is -2.40. The fraction of sp³-hybridized carbons (Fsp3) is 0.174. The molecule has 10 heteroatoms. The highest BCUT2D eigenvalue weighted by Crippen LogP contribution is 2.29. The molecule has 0 saturated heterocycles. The zero-order valence-electron chi connectivity index (χ0n) is 18.1. The Kier molecular flexibility index (Phi) is 7.29. The summed E-state index contributed by atoms with van der Waals surface area (Å²) in [4.78, 5) is 23.1. The maximum atomic E-state index is 13.5. The smallest absolute Gasteiger partial charge is 0.273 e. The van der Waals surface area contributed by atoms with Crippen molar-refractivity contribution in [2.45, 2.75) is 18.4 Å². The van der Waals surface area contributed by atoms with E-state index in [0.717, 1.165) is 15.9 Å². The minimum absolute atomic E-state index is 0.217. The predicted octanol–water partition coefficient (Wildman–Crippen LogP) is 3.42. The first-order valence-corrected chi connectivity index (χ1v) is 11.4. The summed E-state index contributed by atoms with van der Waals surface area (Å²) in [5.41, 5.74) is 1.09. The van der Waals surface area contributed by atoms with Gasteiger partial charge in [0.25, 0.3) is 15.7 Å². The number of nitro benzene ring substituents is 1. The highest BCUT2D eigenvalue weighted by Gasteiger charge is 2.29. The van der Waals surface area contributed by atoms with E-state index in [9.17, 15) is 23.3 Å². The molecule has 0 heterocycles. The van der Waals surface area contributed by atoms with Gasteiger partial charge >= 0.3 is 0 Å². The average molecular weight is 470 g/mol. The molecule has 1 N–H and O–H groups in total. The van der Waals surface area contributed by atoms with Crippen molar-refractivity contribution in [2.24, 2.45) is 0 Å². The van der Waals surface area contributed by atoms with Crippen LogP contribution in [0, 0.1) is 17.0 Å². The molecule has 9 nitrogen and oxygen atoms in total. The molecular weight excluding hydrogens is 446 g/mol. The average Bonchev–Trinajstić information content (AvgIpc) is 2.82. The lowest BCUT2D eigenvalue weighted by atomic mass is 10.2. The third-order valence-electron chi connectivity index (χ3n) is 4.95. The number of nitrogens with zero attached hydrogens (tertiary/aromatic N) is 2. The van der Waals surface area contributed by atoms with Crippen molar-refractivity contribution in [3.05, 3.63) is 94.0 Å². The molecule has 0 unspecified atom stereocenters. The molecule has 33 heavy (non-hydrogen) atoms. The second-order valence-electron chi connectivity index (χ2n) is 7.18. The molecule has 0 aliphatic carbocycles. The maximum Gasteiger partial charge on any atom is 0.273 e. The van der Waals surface area contributed by atoms with Crippen LogP contribution in [0.5, 0.6) is 5.75 Å². The first kappa shape index (κ1) is 23.7. The molecule has 1 amide bonds. The van der Waals surface area contributed by atoms with Crippen LogP contribution >= 0.6 is 0 Å². The summed E-state index contributed by atoms with van der Waals surface area (Å²) in [6.07, 6.45) is 0. The number of hydrogen-bond donors (Lipinski definition) is 1. The molecule has 0 aromatic heterocycles. The summed E-state index contributed by atoms with van der Waals surface area (Å²) >= 11 is 0. The van der Waals surface area contributed by atoms with Crippen LogP contribution in [-0.4, -0.2) is 32.9 Å². The Balaban J connectivity index is 1.94. The fourth-order valence-corrected chi connectivity index (χ4v) is 4.56. The minimum atomic E-state index is -4.30. The monoisotopic (exact) mass is 469 g/mol. The zero-order chi connectivity index (χ0) is 24.0. The van der Waals surface area contributed by atoms with Gasteiger partial charge in [0.05, 0.1) is 22.6 Å². The van der Waals surface area contributed by atoms with E-state index >= 15 is 0 Å². The van der Waals surface area contributed by atoms with Gasteiger partial charge in [-0.05, 0) is 42.8 Å². The first-order chi connectivity index (χ1) is 15.7. The third kappa shape index (κ3) is 5.66. The summed E-state index contributed by atoms with van der Waals surface area (Å²) in [7, 11) is -2.82. The summed E-state index contributed by atoms with van der Waals surface area (Å²) in [5.74, 6) is -0.0181. The Labute approximate surface area is 191 Å². The Morgan fingerprint density at radius 3 is 2.33 bits per heavy atom. The summed E-state index contributed by atoms with van der Waals surface area (Å²) in [6, 6.07) is 19.0. The van der Waals surface area contributed by atoms with E-state index in [1.54, 1.807) is 12.1 Å². The molecule has 0 spiro atoms. The van der Waals surface area contributed by atoms with Crippen LogP contribution in [0.25, 0.3) is 0 Å². The number of rotatable bonds is 9. The number of anilines is 1. The van der Waals surface area contributed by atoms with Crippen LogP contribution in [0.3, 0.4) is 0 Å². The van der Waals surface area contributed by atoms with Gasteiger partial charge in [-0.3, -0.25) is 19.2 Å². The maximum absolute atomic E-state index is 13.5. The van der Waals surface area contributed by atoms with Crippen molar-refractivity contribution < 1.29 is 22.9 Å². The molecule has 172 valence electrons. The van der Waals surface area contributed by atoms with E-state index in [2.05, 4.69) is 5.32 Å². The van der Waals surface area contributed by atoms with Crippen LogP contribution in [0.1, 0.15) is 11.1 Å². The van der Waals surface area contributed by atoms with E-state index < -0.39 is 27.4 Å². The van der Waals surface area contributed by atoms with Gasteiger partial charge in [0, 0.05) is 18.2 Å². The minimum Gasteiger partial charge on any atom is -0.497 e. The molecule has 3 aromatic carbocycles. The van der Waals surface area contributed by atoms with Crippen LogP contribution in [0.15, 0.2) is 77.7 Å². The van der Waals surface area contributed by atoms with Crippen LogP contribution in [0.2, 0.25) is 0 Å². The van der Waals surface area contributed by atoms with E-state index in [1.165, 1.54) is 38.3 Å². The van der Waals surface area contributed by atoms with Crippen LogP contribution in [0.4, 0.5) is 11.4 Å². The topological polar surface area (TPSA) is 119 Å². The standard InChI is InChI=1S/C23H23N3O6S/c1-17-8-13-21(14-22(17)26(28)29)33(30,31)25(19-9-11-20(32-2)12-10-19)16-23(27)24-15-18-6-4-3-5-7-18/h3-14H,15-16H2,1-2H3,(H,24,27). The zero-order valence-corrected chi connectivity index (χ0v) is 18.9. The van der Waals surface area contributed by atoms with E-state index in [-0.39, 0.29) is 22.8 Å². The van der Waals surface area contributed by atoms with E-state index in [1.807, 2.05) is 30.3 Å². The highest BCUT2D eigenvalue weighted by atomic mass is 32.2. The number of methoxy groups -OCH3 is 1. The Morgan fingerprint density at radius 1 is 1.06 bits per heavy atom. The molecule has 3 rings (SSSR count). The highest BCUT2D eigenvalue weighted by molar-refractivity contribution is 7.92. The van der Waals surface area contributed by atoms with Crippen molar-refractivity contribution >= 4 is 27.3 Å². The molecule has 3 aromatic rings. The van der Waals surface area contributed by atoms with Gasteiger partial charge in [0.15, 0.2) is 0 Å². The number of carbonyl (C=O) groups is 1. The van der Waals surface area contributed by atoms with Gasteiger partial charge in [0.2, 0.25) is 5.91 Å².